The van der Waals surface area contributed by atoms with Gasteiger partial charge in [0.1, 0.15) is 11.6 Å². The van der Waals surface area contributed by atoms with Crippen LogP contribution in [0.2, 0.25) is 0 Å². The molecular formula is C16H20N2O. The number of nitriles is 1. The average Bonchev–Trinajstić information content (AvgIpc) is 2.47. The number of hydrogen-bond donors (Lipinski definition) is 0. The molecule has 1 saturated carbocycles. The van der Waals surface area contributed by atoms with Gasteiger partial charge in [-0.15, -0.1) is 0 Å². The highest BCUT2D eigenvalue weighted by Crippen LogP contribution is 2.31. The van der Waals surface area contributed by atoms with Crippen molar-refractivity contribution >= 4 is 0 Å². The van der Waals surface area contributed by atoms with Crippen LogP contribution in [-0.4, -0.2) is 4.57 Å². The van der Waals surface area contributed by atoms with Gasteiger partial charge in [-0.25, -0.2) is 0 Å². The molecule has 1 aromatic rings. The second kappa shape index (κ2) is 5.21. The molecule has 1 aromatic heterocycles. The van der Waals surface area contributed by atoms with E-state index >= 15 is 0 Å². The van der Waals surface area contributed by atoms with Crippen molar-refractivity contribution in [2.75, 3.05) is 0 Å². The molecule has 3 heteroatoms. The van der Waals surface area contributed by atoms with E-state index in [9.17, 15) is 10.1 Å². The van der Waals surface area contributed by atoms with Crippen LogP contribution in [0.15, 0.2) is 10.9 Å². The van der Waals surface area contributed by atoms with Crippen molar-refractivity contribution in [1.29, 1.82) is 5.26 Å². The first-order chi connectivity index (χ1) is 9.31. The van der Waals surface area contributed by atoms with Crippen molar-refractivity contribution in [2.45, 2.75) is 63.8 Å². The predicted molar refractivity (Wildman–Crippen MR) is 74.2 cm³/mol. The lowest BCUT2D eigenvalue weighted by Gasteiger charge is -2.30. The molecule has 3 nitrogen and oxygen atoms in total. The van der Waals surface area contributed by atoms with Crippen molar-refractivity contribution < 1.29 is 0 Å². The maximum absolute atomic E-state index is 12.5. The minimum Gasteiger partial charge on any atom is -0.308 e. The number of fused-ring (bicyclic) bond motifs is 1. The van der Waals surface area contributed by atoms with E-state index in [0.717, 1.165) is 25.7 Å². The summed E-state index contributed by atoms with van der Waals surface area (Å²) in [7, 11) is 0. The quantitative estimate of drug-likeness (QED) is 0.775. The molecule has 3 rings (SSSR count). The third-order valence-electron chi connectivity index (χ3n) is 4.60. The second-order valence-corrected chi connectivity index (χ2v) is 5.82. The first-order valence-corrected chi connectivity index (χ1v) is 7.48. The van der Waals surface area contributed by atoms with Crippen LogP contribution in [0.3, 0.4) is 0 Å². The average molecular weight is 256 g/mol. The molecule has 0 atom stereocenters. The molecule has 0 spiro atoms. The molecule has 19 heavy (non-hydrogen) atoms. The highest BCUT2D eigenvalue weighted by Gasteiger charge is 2.24. The van der Waals surface area contributed by atoms with E-state index in [-0.39, 0.29) is 5.56 Å². The van der Waals surface area contributed by atoms with E-state index in [1.54, 1.807) is 0 Å². The summed E-state index contributed by atoms with van der Waals surface area (Å²) in [5, 5.41) is 9.18. The van der Waals surface area contributed by atoms with E-state index in [4.69, 9.17) is 0 Å². The Labute approximate surface area is 113 Å². The largest absolute Gasteiger partial charge is 0.308 e. The highest BCUT2D eigenvalue weighted by atomic mass is 16.1. The maximum Gasteiger partial charge on any atom is 0.268 e. The predicted octanol–water partition coefficient (Wildman–Crippen LogP) is 3.10. The summed E-state index contributed by atoms with van der Waals surface area (Å²) >= 11 is 0. The zero-order chi connectivity index (χ0) is 13.2. The molecule has 2 aliphatic carbocycles. The fraction of sp³-hybridized carbons (Fsp3) is 0.625. The van der Waals surface area contributed by atoms with Crippen LogP contribution in [0, 0.1) is 11.3 Å². The standard InChI is InChI=1S/C16H20N2O/c17-11-13-10-12-6-4-5-9-15(12)18(16(13)19)14-7-2-1-3-8-14/h10,14H,1-9H2. The summed E-state index contributed by atoms with van der Waals surface area (Å²) in [6.07, 6.45) is 10.3. The molecule has 1 fully saturated rings. The van der Waals surface area contributed by atoms with Gasteiger partial charge in [-0.2, -0.15) is 5.26 Å². The van der Waals surface area contributed by atoms with Crippen LogP contribution in [0.1, 0.15) is 67.8 Å². The van der Waals surface area contributed by atoms with Gasteiger partial charge in [0.2, 0.25) is 0 Å². The number of aryl methyl sites for hydroxylation is 1. The van der Waals surface area contributed by atoms with Crippen molar-refractivity contribution in [3.8, 4) is 6.07 Å². The molecule has 0 amide bonds. The monoisotopic (exact) mass is 256 g/mol. The Bertz CT molecular complexity index is 574. The Hall–Kier alpha value is -1.56. The molecule has 0 aromatic carbocycles. The van der Waals surface area contributed by atoms with Gasteiger partial charge >= 0.3 is 0 Å². The van der Waals surface area contributed by atoms with Crippen molar-refractivity contribution in [2.24, 2.45) is 0 Å². The normalized spacial score (nSPS) is 19.7. The molecule has 0 saturated heterocycles. The molecule has 0 aliphatic heterocycles. The summed E-state index contributed by atoms with van der Waals surface area (Å²) in [6, 6.07) is 4.27. The van der Waals surface area contributed by atoms with Gasteiger partial charge in [0, 0.05) is 11.7 Å². The summed E-state index contributed by atoms with van der Waals surface area (Å²) in [6.45, 7) is 0. The topological polar surface area (TPSA) is 45.8 Å². The summed E-state index contributed by atoms with van der Waals surface area (Å²) in [5.41, 5.74) is 2.76. The fourth-order valence-electron chi connectivity index (χ4n) is 3.64. The SMILES string of the molecule is N#Cc1cc2c(n(C3CCCCC3)c1=O)CCCC2. The van der Waals surface area contributed by atoms with Crippen LogP contribution in [0.4, 0.5) is 0 Å². The molecule has 2 aliphatic rings. The van der Waals surface area contributed by atoms with Gasteiger partial charge in [0.15, 0.2) is 0 Å². The van der Waals surface area contributed by atoms with E-state index < -0.39 is 0 Å². The lowest BCUT2D eigenvalue weighted by atomic mass is 9.90. The van der Waals surface area contributed by atoms with E-state index in [2.05, 4.69) is 6.07 Å². The molecule has 0 bridgehead atoms. The molecule has 0 N–H and O–H groups in total. The van der Waals surface area contributed by atoms with E-state index in [1.165, 1.54) is 43.4 Å². The van der Waals surface area contributed by atoms with Crippen LogP contribution in [0.25, 0.3) is 0 Å². The molecule has 0 radical (unpaired) electrons. The molecule has 1 heterocycles. The van der Waals surface area contributed by atoms with Crippen LogP contribution < -0.4 is 5.56 Å². The Morgan fingerprint density at radius 2 is 1.84 bits per heavy atom. The Morgan fingerprint density at radius 1 is 1.11 bits per heavy atom. The summed E-state index contributed by atoms with van der Waals surface area (Å²) < 4.78 is 1.99. The smallest absolute Gasteiger partial charge is 0.268 e. The third-order valence-corrected chi connectivity index (χ3v) is 4.60. The number of pyridine rings is 1. The highest BCUT2D eigenvalue weighted by molar-refractivity contribution is 5.35. The third kappa shape index (κ3) is 2.20. The molecular weight excluding hydrogens is 236 g/mol. The number of nitrogens with zero attached hydrogens (tertiary/aromatic N) is 2. The minimum atomic E-state index is -0.0462. The van der Waals surface area contributed by atoms with Crippen molar-refractivity contribution in [3.63, 3.8) is 0 Å². The minimum absolute atomic E-state index is 0.0462. The first kappa shape index (κ1) is 12.5. The van der Waals surface area contributed by atoms with Gasteiger partial charge in [-0.3, -0.25) is 4.79 Å². The van der Waals surface area contributed by atoms with E-state index in [0.29, 0.717) is 11.6 Å². The molecule has 0 unspecified atom stereocenters. The lowest BCUT2D eigenvalue weighted by Crippen LogP contribution is -2.33. The first-order valence-electron chi connectivity index (χ1n) is 7.48. The lowest BCUT2D eigenvalue weighted by molar-refractivity contribution is 0.334. The van der Waals surface area contributed by atoms with Crippen molar-refractivity contribution in [1.82, 2.24) is 4.57 Å². The van der Waals surface area contributed by atoms with Gasteiger partial charge < -0.3 is 4.57 Å². The summed E-state index contributed by atoms with van der Waals surface area (Å²) in [5.74, 6) is 0. The zero-order valence-electron chi connectivity index (χ0n) is 11.3. The van der Waals surface area contributed by atoms with Gasteiger partial charge in [0.25, 0.3) is 5.56 Å². The van der Waals surface area contributed by atoms with Gasteiger partial charge in [-0.05, 0) is 50.2 Å². The molecule has 100 valence electrons. The van der Waals surface area contributed by atoms with Crippen LogP contribution in [-0.2, 0) is 12.8 Å². The van der Waals surface area contributed by atoms with E-state index in [1.807, 2.05) is 10.6 Å². The summed E-state index contributed by atoms with van der Waals surface area (Å²) in [4.78, 5) is 12.5. The van der Waals surface area contributed by atoms with Crippen LogP contribution in [0.5, 0.6) is 0 Å². The van der Waals surface area contributed by atoms with Gasteiger partial charge in [-0.1, -0.05) is 19.3 Å². The second-order valence-electron chi connectivity index (χ2n) is 5.82. The number of rotatable bonds is 1. The zero-order valence-corrected chi connectivity index (χ0v) is 11.3. The maximum atomic E-state index is 12.5. The Kier molecular flexibility index (Phi) is 3.42. The Balaban J connectivity index is 2.14. The number of hydrogen-bond acceptors (Lipinski definition) is 2. The van der Waals surface area contributed by atoms with Gasteiger partial charge in [0.05, 0.1) is 0 Å². The number of aromatic nitrogens is 1. The van der Waals surface area contributed by atoms with Crippen LogP contribution >= 0.6 is 0 Å². The Morgan fingerprint density at radius 3 is 2.58 bits per heavy atom. The van der Waals surface area contributed by atoms with Crippen molar-refractivity contribution in [3.05, 3.63) is 33.2 Å². The fourth-order valence-corrected chi connectivity index (χ4v) is 3.64.